The number of anilines is 1. The number of nitrogens with zero attached hydrogens (tertiary/aromatic N) is 2. The van der Waals surface area contributed by atoms with Crippen molar-refractivity contribution in [3.05, 3.63) is 40.3 Å². The SMILES string of the molecule is CC[C@@H]1CN(C(=O)c2csc([C@@H]3CCCO3)n2)c2ccccc2O1. The van der Waals surface area contributed by atoms with E-state index in [0.717, 1.165) is 42.3 Å². The van der Waals surface area contributed by atoms with Crippen LogP contribution in [0.1, 0.15) is 47.8 Å². The molecule has 2 aliphatic heterocycles. The first kappa shape index (κ1) is 15.6. The molecule has 1 saturated heterocycles. The normalized spacial score (nSPS) is 23.0. The van der Waals surface area contributed by atoms with Gasteiger partial charge in [0.25, 0.3) is 5.91 Å². The molecule has 1 amide bonds. The molecular formula is C18H20N2O3S. The number of hydrogen-bond acceptors (Lipinski definition) is 5. The van der Waals surface area contributed by atoms with Gasteiger partial charge in [-0.25, -0.2) is 4.98 Å². The van der Waals surface area contributed by atoms with Gasteiger partial charge in [-0.2, -0.15) is 0 Å². The number of ether oxygens (including phenoxy) is 2. The molecule has 0 saturated carbocycles. The zero-order valence-corrected chi connectivity index (χ0v) is 14.4. The number of para-hydroxylation sites is 2. The zero-order chi connectivity index (χ0) is 16.5. The average Bonchev–Trinajstić information content (AvgIpc) is 3.31. The quantitative estimate of drug-likeness (QED) is 0.849. The van der Waals surface area contributed by atoms with Crippen LogP contribution < -0.4 is 9.64 Å². The molecule has 0 unspecified atom stereocenters. The zero-order valence-electron chi connectivity index (χ0n) is 13.6. The van der Waals surface area contributed by atoms with Crippen molar-refractivity contribution >= 4 is 22.9 Å². The van der Waals surface area contributed by atoms with E-state index >= 15 is 0 Å². The standard InChI is InChI=1S/C18H20N2O3S/c1-2-12-10-20(14-6-3-4-7-15(14)23-12)18(21)13-11-24-17(19-13)16-8-5-9-22-16/h3-4,6-7,11-12,16H,2,5,8-10H2,1H3/t12-,16+/m1/s1. The van der Waals surface area contributed by atoms with Crippen LogP contribution in [0, 0.1) is 0 Å². The van der Waals surface area contributed by atoms with Gasteiger partial charge in [-0.15, -0.1) is 11.3 Å². The van der Waals surface area contributed by atoms with Gasteiger partial charge in [-0.05, 0) is 31.4 Å². The van der Waals surface area contributed by atoms with Crippen molar-refractivity contribution in [3.63, 3.8) is 0 Å². The molecule has 2 aliphatic rings. The number of rotatable bonds is 3. The molecule has 126 valence electrons. The van der Waals surface area contributed by atoms with Gasteiger partial charge >= 0.3 is 0 Å². The van der Waals surface area contributed by atoms with Crippen LogP contribution in [0.5, 0.6) is 5.75 Å². The Morgan fingerprint density at radius 3 is 3.08 bits per heavy atom. The summed E-state index contributed by atoms with van der Waals surface area (Å²) in [5.41, 5.74) is 1.32. The Morgan fingerprint density at radius 1 is 1.42 bits per heavy atom. The molecule has 1 fully saturated rings. The van der Waals surface area contributed by atoms with Crippen LogP contribution in [-0.4, -0.2) is 30.1 Å². The van der Waals surface area contributed by atoms with Gasteiger partial charge in [0.15, 0.2) is 0 Å². The van der Waals surface area contributed by atoms with Crippen molar-refractivity contribution in [3.8, 4) is 5.75 Å². The maximum Gasteiger partial charge on any atom is 0.277 e. The van der Waals surface area contributed by atoms with Gasteiger partial charge in [-0.3, -0.25) is 9.69 Å². The molecule has 24 heavy (non-hydrogen) atoms. The lowest BCUT2D eigenvalue weighted by Crippen LogP contribution is -2.43. The summed E-state index contributed by atoms with van der Waals surface area (Å²) in [4.78, 5) is 19.4. The summed E-state index contributed by atoms with van der Waals surface area (Å²) in [6, 6.07) is 7.69. The minimum Gasteiger partial charge on any atom is -0.486 e. The molecule has 4 rings (SSSR count). The first-order chi connectivity index (χ1) is 11.8. The summed E-state index contributed by atoms with van der Waals surface area (Å²) in [6.45, 7) is 3.40. The molecular weight excluding hydrogens is 324 g/mol. The lowest BCUT2D eigenvalue weighted by atomic mass is 10.1. The third kappa shape index (κ3) is 2.80. The van der Waals surface area contributed by atoms with E-state index in [1.807, 2.05) is 29.6 Å². The highest BCUT2D eigenvalue weighted by molar-refractivity contribution is 7.09. The van der Waals surface area contributed by atoms with E-state index in [0.29, 0.717) is 12.2 Å². The second-order valence-electron chi connectivity index (χ2n) is 6.10. The lowest BCUT2D eigenvalue weighted by Gasteiger charge is -2.34. The van der Waals surface area contributed by atoms with Crippen molar-refractivity contribution in [2.45, 2.75) is 38.4 Å². The first-order valence-electron chi connectivity index (χ1n) is 8.41. The summed E-state index contributed by atoms with van der Waals surface area (Å²) in [7, 11) is 0. The molecule has 0 aliphatic carbocycles. The molecule has 2 aromatic rings. The number of hydrogen-bond donors (Lipinski definition) is 0. The van der Waals surface area contributed by atoms with Crippen LogP contribution in [0.3, 0.4) is 0 Å². The number of fused-ring (bicyclic) bond motifs is 1. The average molecular weight is 344 g/mol. The molecule has 5 nitrogen and oxygen atoms in total. The minimum atomic E-state index is -0.0651. The van der Waals surface area contributed by atoms with Crippen molar-refractivity contribution in [1.82, 2.24) is 4.98 Å². The minimum absolute atomic E-state index is 0.0140. The van der Waals surface area contributed by atoms with Crippen molar-refractivity contribution in [1.29, 1.82) is 0 Å². The molecule has 2 atom stereocenters. The Hall–Kier alpha value is -1.92. The van der Waals surface area contributed by atoms with E-state index < -0.39 is 0 Å². The molecule has 0 bridgehead atoms. The van der Waals surface area contributed by atoms with Crippen molar-refractivity contribution in [2.75, 3.05) is 18.1 Å². The van der Waals surface area contributed by atoms with E-state index in [1.54, 1.807) is 4.90 Å². The summed E-state index contributed by atoms with van der Waals surface area (Å²) in [6.07, 6.45) is 2.97. The van der Waals surface area contributed by atoms with Gasteiger partial charge in [0.1, 0.15) is 28.7 Å². The molecule has 0 N–H and O–H groups in total. The van der Waals surface area contributed by atoms with Crippen LogP contribution in [0.15, 0.2) is 29.6 Å². The molecule has 6 heteroatoms. The van der Waals surface area contributed by atoms with Crippen LogP contribution in [0.2, 0.25) is 0 Å². The van der Waals surface area contributed by atoms with E-state index in [9.17, 15) is 4.79 Å². The second kappa shape index (κ2) is 6.53. The van der Waals surface area contributed by atoms with Crippen LogP contribution in [0.25, 0.3) is 0 Å². The maximum atomic E-state index is 13.0. The highest BCUT2D eigenvalue weighted by atomic mass is 32.1. The Bertz CT molecular complexity index is 739. The monoisotopic (exact) mass is 344 g/mol. The fourth-order valence-electron chi connectivity index (χ4n) is 3.15. The van der Waals surface area contributed by atoms with Crippen LogP contribution in [0.4, 0.5) is 5.69 Å². The fraction of sp³-hybridized carbons (Fsp3) is 0.444. The van der Waals surface area contributed by atoms with Gasteiger partial charge in [0, 0.05) is 12.0 Å². The number of carbonyl (C=O) groups is 1. The van der Waals surface area contributed by atoms with Crippen molar-refractivity contribution in [2.24, 2.45) is 0 Å². The smallest absolute Gasteiger partial charge is 0.277 e. The Kier molecular flexibility index (Phi) is 4.24. The predicted molar refractivity (Wildman–Crippen MR) is 92.9 cm³/mol. The van der Waals surface area contributed by atoms with E-state index in [2.05, 4.69) is 11.9 Å². The molecule has 3 heterocycles. The Balaban J connectivity index is 1.61. The highest BCUT2D eigenvalue weighted by Gasteiger charge is 2.31. The van der Waals surface area contributed by atoms with Crippen molar-refractivity contribution < 1.29 is 14.3 Å². The summed E-state index contributed by atoms with van der Waals surface area (Å²) in [5, 5.41) is 2.75. The fourth-order valence-corrected chi connectivity index (χ4v) is 4.02. The summed E-state index contributed by atoms with van der Waals surface area (Å²) >= 11 is 1.51. The topological polar surface area (TPSA) is 51.7 Å². The van der Waals surface area contributed by atoms with E-state index in [1.165, 1.54) is 11.3 Å². The van der Waals surface area contributed by atoms with Gasteiger partial charge < -0.3 is 9.47 Å². The Morgan fingerprint density at radius 2 is 2.29 bits per heavy atom. The molecule has 0 spiro atoms. The maximum absolute atomic E-state index is 13.0. The number of carbonyl (C=O) groups excluding carboxylic acids is 1. The third-order valence-corrected chi connectivity index (χ3v) is 5.42. The number of aromatic nitrogens is 1. The third-order valence-electron chi connectivity index (χ3n) is 4.48. The first-order valence-corrected chi connectivity index (χ1v) is 9.29. The van der Waals surface area contributed by atoms with Crippen LogP contribution >= 0.6 is 11.3 Å². The second-order valence-corrected chi connectivity index (χ2v) is 6.99. The summed E-state index contributed by atoms with van der Waals surface area (Å²) < 4.78 is 11.6. The summed E-state index contributed by atoms with van der Waals surface area (Å²) in [5.74, 6) is 0.697. The van der Waals surface area contributed by atoms with E-state index in [4.69, 9.17) is 9.47 Å². The van der Waals surface area contributed by atoms with Gasteiger partial charge in [0.2, 0.25) is 0 Å². The molecule has 1 aromatic heterocycles. The van der Waals surface area contributed by atoms with E-state index in [-0.39, 0.29) is 18.1 Å². The van der Waals surface area contributed by atoms with Crippen LogP contribution in [-0.2, 0) is 4.74 Å². The van der Waals surface area contributed by atoms with Gasteiger partial charge in [0.05, 0.1) is 12.2 Å². The van der Waals surface area contributed by atoms with Gasteiger partial charge in [-0.1, -0.05) is 19.1 Å². The largest absolute Gasteiger partial charge is 0.486 e. The highest BCUT2D eigenvalue weighted by Crippen LogP contribution is 2.35. The molecule has 1 aromatic carbocycles. The molecule has 0 radical (unpaired) electrons. The lowest BCUT2D eigenvalue weighted by molar-refractivity contribution is 0.0947. The number of amides is 1. The number of benzene rings is 1. The predicted octanol–water partition coefficient (Wildman–Crippen LogP) is 3.81. The number of thiazole rings is 1. The Labute approximate surface area is 145 Å².